The van der Waals surface area contributed by atoms with Gasteiger partial charge in [-0.2, -0.15) is 0 Å². The number of carboxylic acids is 1. The molecule has 1 saturated carbocycles. The van der Waals surface area contributed by atoms with E-state index in [9.17, 15) is 9.59 Å². The number of carbonyl (C=O) groups is 2. The maximum Gasteiger partial charge on any atom is 0.305 e. The van der Waals surface area contributed by atoms with Crippen LogP contribution in [0.3, 0.4) is 0 Å². The van der Waals surface area contributed by atoms with E-state index < -0.39 is 11.5 Å². The zero-order chi connectivity index (χ0) is 17.9. The fraction of sp³-hybridized carbons (Fsp3) is 0.444. The average Bonchev–Trinajstić information content (AvgIpc) is 3.15. The number of aromatic nitrogens is 3. The van der Waals surface area contributed by atoms with Gasteiger partial charge in [-0.15, -0.1) is 5.10 Å². The van der Waals surface area contributed by atoms with Crippen LogP contribution in [-0.4, -0.2) is 37.5 Å². The summed E-state index contributed by atoms with van der Waals surface area (Å²) in [5.74, 6) is -1.08. The van der Waals surface area contributed by atoms with Crippen LogP contribution in [0.2, 0.25) is 0 Å². The van der Waals surface area contributed by atoms with Gasteiger partial charge in [-0.25, -0.2) is 4.68 Å². The van der Waals surface area contributed by atoms with E-state index in [1.165, 1.54) is 0 Å². The molecule has 1 aromatic carbocycles. The van der Waals surface area contributed by atoms with Crippen LogP contribution in [0.4, 0.5) is 0 Å². The first-order chi connectivity index (χ1) is 12.0. The van der Waals surface area contributed by atoms with Gasteiger partial charge in [-0.3, -0.25) is 9.59 Å². The fourth-order valence-electron chi connectivity index (χ4n) is 3.52. The second kappa shape index (κ2) is 7.04. The third-order valence-electron chi connectivity index (χ3n) is 4.77. The van der Waals surface area contributed by atoms with Crippen molar-refractivity contribution < 1.29 is 14.7 Å². The first-order valence-electron chi connectivity index (χ1n) is 8.48. The van der Waals surface area contributed by atoms with E-state index in [4.69, 9.17) is 5.11 Å². The molecule has 1 fully saturated rings. The molecule has 7 nitrogen and oxygen atoms in total. The number of benzene rings is 1. The summed E-state index contributed by atoms with van der Waals surface area (Å²) in [5, 5.41) is 20.3. The van der Waals surface area contributed by atoms with Gasteiger partial charge >= 0.3 is 5.97 Å². The van der Waals surface area contributed by atoms with Crippen molar-refractivity contribution in [3.05, 3.63) is 41.7 Å². The van der Waals surface area contributed by atoms with Crippen molar-refractivity contribution in [3.8, 4) is 5.69 Å². The van der Waals surface area contributed by atoms with Gasteiger partial charge in [0.2, 0.25) is 5.91 Å². The Hall–Kier alpha value is -2.70. The largest absolute Gasteiger partial charge is 0.481 e. The molecule has 0 spiro atoms. The number of aliphatic carboxylic acids is 1. The minimum Gasteiger partial charge on any atom is -0.481 e. The number of para-hydroxylation sites is 1. The molecule has 0 atom stereocenters. The Morgan fingerprint density at radius 1 is 1.24 bits per heavy atom. The second-order valence-electron chi connectivity index (χ2n) is 6.65. The molecular formula is C18H22N4O3. The van der Waals surface area contributed by atoms with Crippen molar-refractivity contribution in [1.29, 1.82) is 0 Å². The Morgan fingerprint density at radius 3 is 2.56 bits per heavy atom. The number of rotatable bonds is 6. The number of carboxylic acid groups (broad SMARTS) is 1. The molecule has 3 rings (SSSR count). The van der Waals surface area contributed by atoms with E-state index in [2.05, 4.69) is 15.6 Å². The summed E-state index contributed by atoms with van der Waals surface area (Å²) in [7, 11) is 0. The molecule has 2 N–H and O–H groups in total. The SMILES string of the molecule is Cc1c(CC(=O)NC2(CC(=O)O)CCCC2)nnn1-c1ccccc1. The van der Waals surface area contributed by atoms with Gasteiger partial charge in [0.1, 0.15) is 0 Å². The predicted octanol–water partition coefficient (Wildman–Crippen LogP) is 2.02. The minimum absolute atomic E-state index is 0.0333. The van der Waals surface area contributed by atoms with Gasteiger partial charge < -0.3 is 10.4 Å². The Labute approximate surface area is 146 Å². The molecule has 0 saturated heterocycles. The highest BCUT2D eigenvalue weighted by Gasteiger charge is 2.37. The molecule has 7 heteroatoms. The smallest absolute Gasteiger partial charge is 0.305 e. The van der Waals surface area contributed by atoms with Crippen molar-refractivity contribution in [2.45, 2.75) is 51.0 Å². The summed E-state index contributed by atoms with van der Waals surface area (Å²) in [6.45, 7) is 1.87. The monoisotopic (exact) mass is 342 g/mol. The number of carbonyl (C=O) groups excluding carboxylic acids is 1. The molecule has 0 unspecified atom stereocenters. The number of nitrogens with one attached hydrogen (secondary N) is 1. The molecule has 1 aromatic heterocycles. The lowest BCUT2D eigenvalue weighted by atomic mass is 9.93. The zero-order valence-electron chi connectivity index (χ0n) is 14.2. The van der Waals surface area contributed by atoms with Crippen molar-refractivity contribution in [2.75, 3.05) is 0 Å². The minimum atomic E-state index is -0.881. The second-order valence-corrected chi connectivity index (χ2v) is 6.65. The Morgan fingerprint density at radius 2 is 1.92 bits per heavy atom. The van der Waals surface area contributed by atoms with Gasteiger partial charge in [0.15, 0.2) is 0 Å². The van der Waals surface area contributed by atoms with Crippen LogP contribution in [0.25, 0.3) is 5.69 Å². The summed E-state index contributed by atoms with van der Waals surface area (Å²) in [6.07, 6.45) is 3.36. The highest BCUT2D eigenvalue weighted by Crippen LogP contribution is 2.32. The number of hydrogen-bond donors (Lipinski definition) is 2. The lowest BCUT2D eigenvalue weighted by Gasteiger charge is -2.28. The average molecular weight is 342 g/mol. The first-order valence-corrected chi connectivity index (χ1v) is 8.48. The summed E-state index contributed by atoms with van der Waals surface area (Å²) >= 11 is 0. The molecule has 25 heavy (non-hydrogen) atoms. The molecule has 0 bridgehead atoms. The molecule has 0 radical (unpaired) electrons. The summed E-state index contributed by atoms with van der Waals surface area (Å²) < 4.78 is 1.70. The van der Waals surface area contributed by atoms with E-state index in [1.807, 2.05) is 37.3 Å². The van der Waals surface area contributed by atoms with Gasteiger partial charge in [-0.05, 0) is 31.9 Å². The molecule has 1 heterocycles. The first kappa shape index (κ1) is 17.1. The lowest BCUT2D eigenvalue weighted by Crippen LogP contribution is -2.48. The molecule has 132 valence electrons. The fourth-order valence-corrected chi connectivity index (χ4v) is 3.52. The highest BCUT2D eigenvalue weighted by molar-refractivity contribution is 5.80. The van der Waals surface area contributed by atoms with E-state index >= 15 is 0 Å². The highest BCUT2D eigenvalue weighted by atomic mass is 16.4. The topological polar surface area (TPSA) is 97.1 Å². The van der Waals surface area contributed by atoms with Crippen molar-refractivity contribution in [3.63, 3.8) is 0 Å². The number of nitrogens with zero attached hydrogens (tertiary/aromatic N) is 3. The van der Waals surface area contributed by atoms with Crippen LogP contribution in [0.5, 0.6) is 0 Å². The predicted molar refractivity (Wildman–Crippen MR) is 91.4 cm³/mol. The molecule has 0 aliphatic heterocycles. The van der Waals surface area contributed by atoms with Crippen LogP contribution in [-0.2, 0) is 16.0 Å². The standard InChI is InChI=1S/C18H22N4O3/c1-13-15(20-21-22(13)14-7-3-2-4-8-14)11-16(23)19-18(12-17(24)25)9-5-6-10-18/h2-4,7-8H,5-6,9-12H2,1H3,(H,19,23)(H,24,25). The van der Waals surface area contributed by atoms with Crippen LogP contribution in [0.1, 0.15) is 43.5 Å². The maximum absolute atomic E-state index is 12.5. The Bertz CT molecular complexity index is 764. The Kier molecular flexibility index (Phi) is 4.83. The van der Waals surface area contributed by atoms with Crippen LogP contribution < -0.4 is 5.32 Å². The number of amides is 1. The quantitative estimate of drug-likeness (QED) is 0.837. The van der Waals surface area contributed by atoms with Gasteiger partial charge in [0.25, 0.3) is 0 Å². The normalized spacial score (nSPS) is 15.9. The number of hydrogen-bond acceptors (Lipinski definition) is 4. The van der Waals surface area contributed by atoms with E-state index in [0.29, 0.717) is 18.5 Å². The van der Waals surface area contributed by atoms with E-state index in [1.54, 1.807) is 4.68 Å². The van der Waals surface area contributed by atoms with Crippen LogP contribution >= 0.6 is 0 Å². The Balaban J connectivity index is 1.71. The molecule has 1 aliphatic rings. The van der Waals surface area contributed by atoms with Gasteiger partial charge in [0.05, 0.1) is 35.5 Å². The van der Waals surface area contributed by atoms with E-state index in [0.717, 1.165) is 24.2 Å². The third kappa shape index (κ3) is 3.87. The third-order valence-corrected chi connectivity index (χ3v) is 4.77. The summed E-state index contributed by atoms with van der Waals surface area (Å²) in [5.41, 5.74) is 1.67. The van der Waals surface area contributed by atoms with Crippen LogP contribution in [0, 0.1) is 6.92 Å². The molecule has 1 amide bonds. The van der Waals surface area contributed by atoms with Gasteiger partial charge in [0, 0.05) is 0 Å². The molecular weight excluding hydrogens is 320 g/mol. The summed E-state index contributed by atoms with van der Waals surface area (Å²) in [6, 6.07) is 9.60. The van der Waals surface area contributed by atoms with Gasteiger partial charge in [-0.1, -0.05) is 36.3 Å². The maximum atomic E-state index is 12.5. The van der Waals surface area contributed by atoms with Crippen molar-refractivity contribution in [1.82, 2.24) is 20.3 Å². The van der Waals surface area contributed by atoms with E-state index in [-0.39, 0.29) is 18.7 Å². The zero-order valence-corrected chi connectivity index (χ0v) is 14.2. The molecule has 2 aromatic rings. The lowest BCUT2D eigenvalue weighted by molar-refractivity contribution is -0.139. The van der Waals surface area contributed by atoms with Crippen molar-refractivity contribution >= 4 is 11.9 Å². The molecule has 1 aliphatic carbocycles. The van der Waals surface area contributed by atoms with Crippen molar-refractivity contribution in [2.24, 2.45) is 0 Å². The summed E-state index contributed by atoms with van der Waals surface area (Å²) in [4.78, 5) is 23.6. The van der Waals surface area contributed by atoms with Crippen LogP contribution in [0.15, 0.2) is 30.3 Å².